The number of hydrogen-bond donors (Lipinski definition) is 2. The van der Waals surface area contributed by atoms with Crippen LogP contribution in [0.3, 0.4) is 0 Å². The molecule has 5 heteroatoms. The summed E-state index contributed by atoms with van der Waals surface area (Å²) in [6, 6.07) is 13.6. The van der Waals surface area contributed by atoms with Gasteiger partial charge in [-0.2, -0.15) is 5.10 Å². The number of nitrogens with zero attached hydrogens (tertiary/aromatic N) is 1. The first kappa shape index (κ1) is 14.5. The highest BCUT2D eigenvalue weighted by Crippen LogP contribution is 2.07. The van der Waals surface area contributed by atoms with Crippen LogP contribution < -0.4 is 5.43 Å². The summed E-state index contributed by atoms with van der Waals surface area (Å²) in [7, 11) is 0. The molecule has 2 rings (SSSR count). The van der Waals surface area contributed by atoms with Crippen LogP contribution in [-0.4, -0.2) is 23.2 Å². The molecule has 1 amide bonds. The van der Waals surface area contributed by atoms with Crippen molar-refractivity contribution in [2.24, 2.45) is 5.10 Å². The van der Waals surface area contributed by atoms with Gasteiger partial charge in [0.1, 0.15) is 0 Å². The number of carbonyl (C=O) groups is 2. The summed E-state index contributed by atoms with van der Waals surface area (Å²) in [5.74, 6) is -1.38. The lowest BCUT2D eigenvalue weighted by Gasteiger charge is -2.03. The largest absolute Gasteiger partial charge is 0.478 e. The standard InChI is InChI=1S/C16H14N2O3/c1-11-6-2-4-8-13(11)15(19)18-17-10-12-7-3-5-9-14(12)16(20)21/h2-10H,1H3,(H,18,19)(H,20,21)/b17-10-. The molecule has 0 aliphatic rings. The highest BCUT2D eigenvalue weighted by molar-refractivity contribution is 5.99. The number of carboxylic acid groups (broad SMARTS) is 1. The van der Waals surface area contributed by atoms with Gasteiger partial charge < -0.3 is 5.11 Å². The summed E-state index contributed by atoms with van der Waals surface area (Å²) in [5, 5.41) is 12.9. The average Bonchev–Trinajstić information content (AvgIpc) is 2.48. The molecular weight excluding hydrogens is 268 g/mol. The fourth-order valence-electron chi connectivity index (χ4n) is 1.85. The summed E-state index contributed by atoms with van der Waals surface area (Å²) in [4.78, 5) is 23.0. The van der Waals surface area contributed by atoms with E-state index in [1.807, 2.05) is 19.1 Å². The summed E-state index contributed by atoms with van der Waals surface area (Å²) in [6.45, 7) is 1.83. The summed E-state index contributed by atoms with van der Waals surface area (Å²) < 4.78 is 0. The number of benzene rings is 2. The smallest absolute Gasteiger partial charge is 0.336 e. The molecular formula is C16H14N2O3. The van der Waals surface area contributed by atoms with Crippen molar-refractivity contribution < 1.29 is 14.7 Å². The summed E-state index contributed by atoms with van der Waals surface area (Å²) >= 11 is 0. The van der Waals surface area contributed by atoms with Crippen molar-refractivity contribution in [2.45, 2.75) is 6.92 Å². The second-order valence-corrected chi connectivity index (χ2v) is 4.41. The van der Waals surface area contributed by atoms with Gasteiger partial charge in [-0.25, -0.2) is 10.2 Å². The van der Waals surface area contributed by atoms with Gasteiger partial charge in [-0.3, -0.25) is 4.79 Å². The minimum absolute atomic E-state index is 0.131. The third-order valence-electron chi connectivity index (χ3n) is 2.95. The van der Waals surface area contributed by atoms with Crippen LogP contribution in [0.15, 0.2) is 53.6 Å². The van der Waals surface area contributed by atoms with E-state index in [0.29, 0.717) is 11.1 Å². The Labute approximate surface area is 121 Å². The van der Waals surface area contributed by atoms with Crippen molar-refractivity contribution in [1.82, 2.24) is 5.43 Å². The molecule has 2 aromatic rings. The normalized spacial score (nSPS) is 10.5. The number of carboxylic acids is 1. The second kappa shape index (κ2) is 6.47. The Hall–Kier alpha value is -2.95. The van der Waals surface area contributed by atoms with E-state index in [2.05, 4.69) is 10.5 Å². The lowest BCUT2D eigenvalue weighted by Crippen LogP contribution is -2.18. The molecule has 106 valence electrons. The van der Waals surface area contributed by atoms with E-state index in [-0.39, 0.29) is 11.5 Å². The van der Waals surface area contributed by atoms with Crippen LogP contribution in [-0.2, 0) is 0 Å². The number of hydrazone groups is 1. The van der Waals surface area contributed by atoms with Gasteiger partial charge in [0.2, 0.25) is 0 Å². The SMILES string of the molecule is Cc1ccccc1C(=O)N/N=C\c1ccccc1C(=O)O. The maximum Gasteiger partial charge on any atom is 0.336 e. The molecule has 0 radical (unpaired) electrons. The lowest BCUT2D eigenvalue weighted by molar-refractivity contribution is 0.0696. The molecule has 0 saturated heterocycles. The molecule has 0 atom stereocenters. The highest BCUT2D eigenvalue weighted by atomic mass is 16.4. The quantitative estimate of drug-likeness (QED) is 0.668. The molecule has 2 N–H and O–H groups in total. The maximum absolute atomic E-state index is 11.9. The van der Waals surface area contributed by atoms with Gasteiger partial charge >= 0.3 is 5.97 Å². The van der Waals surface area contributed by atoms with Crippen LogP contribution in [0.25, 0.3) is 0 Å². The number of hydrogen-bond acceptors (Lipinski definition) is 3. The van der Waals surface area contributed by atoms with Gasteiger partial charge in [-0.1, -0.05) is 36.4 Å². The van der Waals surface area contributed by atoms with Crippen LogP contribution in [0.4, 0.5) is 0 Å². The molecule has 0 bridgehead atoms. The van der Waals surface area contributed by atoms with Gasteiger partial charge in [-0.05, 0) is 24.6 Å². The molecule has 0 aromatic heterocycles. The molecule has 0 aliphatic carbocycles. The molecule has 0 fully saturated rings. The van der Waals surface area contributed by atoms with Crippen LogP contribution in [0, 0.1) is 6.92 Å². The van der Waals surface area contributed by atoms with Crippen molar-refractivity contribution in [1.29, 1.82) is 0 Å². The fourth-order valence-corrected chi connectivity index (χ4v) is 1.85. The molecule has 2 aromatic carbocycles. The first-order valence-corrected chi connectivity index (χ1v) is 6.31. The Balaban J connectivity index is 2.12. The first-order chi connectivity index (χ1) is 10.1. The molecule has 0 aliphatic heterocycles. The van der Waals surface area contributed by atoms with Gasteiger partial charge in [-0.15, -0.1) is 0 Å². The zero-order valence-electron chi connectivity index (χ0n) is 11.4. The van der Waals surface area contributed by atoms with E-state index >= 15 is 0 Å². The van der Waals surface area contributed by atoms with Crippen LogP contribution in [0.1, 0.15) is 31.8 Å². The minimum Gasteiger partial charge on any atom is -0.478 e. The molecule has 0 unspecified atom stereocenters. The van der Waals surface area contributed by atoms with Gasteiger partial charge in [0.25, 0.3) is 5.91 Å². The van der Waals surface area contributed by atoms with Crippen molar-refractivity contribution in [3.63, 3.8) is 0 Å². The molecule has 21 heavy (non-hydrogen) atoms. The van der Waals surface area contributed by atoms with Crippen molar-refractivity contribution in [3.8, 4) is 0 Å². The highest BCUT2D eigenvalue weighted by Gasteiger charge is 2.08. The summed E-state index contributed by atoms with van der Waals surface area (Å²) in [5.41, 5.74) is 4.32. The Morgan fingerprint density at radius 2 is 1.67 bits per heavy atom. The third kappa shape index (κ3) is 3.54. The summed E-state index contributed by atoms with van der Waals surface area (Å²) in [6.07, 6.45) is 1.32. The van der Waals surface area contributed by atoms with Crippen LogP contribution in [0.2, 0.25) is 0 Å². The van der Waals surface area contributed by atoms with E-state index in [9.17, 15) is 9.59 Å². The first-order valence-electron chi connectivity index (χ1n) is 6.31. The van der Waals surface area contributed by atoms with E-state index in [0.717, 1.165) is 5.56 Å². The molecule has 5 nitrogen and oxygen atoms in total. The van der Waals surface area contributed by atoms with Crippen molar-refractivity contribution in [2.75, 3.05) is 0 Å². The molecule has 0 heterocycles. The average molecular weight is 282 g/mol. The predicted octanol–water partition coefficient (Wildman–Crippen LogP) is 2.46. The Morgan fingerprint density at radius 1 is 1.05 bits per heavy atom. The number of aryl methyl sites for hydroxylation is 1. The Bertz CT molecular complexity index is 708. The number of carbonyl (C=O) groups excluding carboxylic acids is 1. The molecule has 0 spiro atoms. The van der Waals surface area contributed by atoms with E-state index in [1.54, 1.807) is 30.3 Å². The number of rotatable bonds is 4. The van der Waals surface area contributed by atoms with E-state index in [1.165, 1.54) is 12.3 Å². The number of aromatic carboxylic acids is 1. The zero-order valence-corrected chi connectivity index (χ0v) is 11.4. The lowest BCUT2D eigenvalue weighted by atomic mass is 10.1. The van der Waals surface area contributed by atoms with Crippen molar-refractivity contribution >= 4 is 18.1 Å². The second-order valence-electron chi connectivity index (χ2n) is 4.41. The van der Waals surface area contributed by atoms with E-state index < -0.39 is 5.97 Å². The van der Waals surface area contributed by atoms with Crippen LogP contribution >= 0.6 is 0 Å². The van der Waals surface area contributed by atoms with Crippen molar-refractivity contribution in [3.05, 3.63) is 70.8 Å². The zero-order chi connectivity index (χ0) is 15.2. The number of nitrogens with one attached hydrogen (secondary N) is 1. The Morgan fingerprint density at radius 3 is 2.33 bits per heavy atom. The van der Waals surface area contributed by atoms with Gasteiger partial charge in [0.15, 0.2) is 0 Å². The third-order valence-corrected chi connectivity index (χ3v) is 2.95. The maximum atomic E-state index is 11.9. The van der Waals surface area contributed by atoms with Crippen LogP contribution in [0.5, 0.6) is 0 Å². The molecule has 0 saturated carbocycles. The number of amides is 1. The van der Waals surface area contributed by atoms with Gasteiger partial charge in [0, 0.05) is 11.1 Å². The monoisotopic (exact) mass is 282 g/mol. The Kier molecular flexibility index (Phi) is 4.46. The van der Waals surface area contributed by atoms with E-state index in [4.69, 9.17) is 5.11 Å². The minimum atomic E-state index is -1.04. The van der Waals surface area contributed by atoms with Gasteiger partial charge in [0.05, 0.1) is 11.8 Å². The topological polar surface area (TPSA) is 78.8 Å². The predicted molar refractivity (Wildman–Crippen MR) is 79.6 cm³/mol. The fraction of sp³-hybridized carbons (Fsp3) is 0.0625.